The van der Waals surface area contributed by atoms with Crippen LogP contribution in [0.2, 0.25) is 0 Å². The minimum atomic E-state index is 0.498. The molecule has 0 spiro atoms. The fourth-order valence-electron chi connectivity index (χ4n) is 1.05. The van der Waals surface area contributed by atoms with E-state index in [-0.39, 0.29) is 0 Å². The first-order valence-electron chi connectivity index (χ1n) is 4.29. The first kappa shape index (κ1) is 8.68. The van der Waals surface area contributed by atoms with E-state index < -0.39 is 0 Å². The molecule has 5 heteroatoms. The van der Waals surface area contributed by atoms with Crippen LogP contribution < -0.4 is 5.32 Å². The summed E-state index contributed by atoms with van der Waals surface area (Å²) < 4.78 is 4.93. The Hall–Kier alpha value is -1.91. The van der Waals surface area contributed by atoms with Crippen LogP contribution in [0.1, 0.15) is 11.7 Å². The summed E-state index contributed by atoms with van der Waals surface area (Å²) >= 11 is 0. The van der Waals surface area contributed by atoms with Crippen molar-refractivity contribution in [1.29, 1.82) is 0 Å². The maximum absolute atomic E-state index is 4.93. The third kappa shape index (κ3) is 2.07. The molecule has 0 saturated heterocycles. The van der Waals surface area contributed by atoms with Gasteiger partial charge in [0, 0.05) is 6.20 Å². The molecule has 1 N–H and O–H groups in total. The van der Waals surface area contributed by atoms with Crippen molar-refractivity contribution in [2.24, 2.45) is 0 Å². The number of aromatic nitrogens is 3. The summed E-state index contributed by atoms with van der Waals surface area (Å²) in [7, 11) is 0. The molecular formula is C9H10N4O. The van der Waals surface area contributed by atoms with Gasteiger partial charge >= 0.3 is 0 Å². The Morgan fingerprint density at radius 1 is 1.43 bits per heavy atom. The van der Waals surface area contributed by atoms with Crippen molar-refractivity contribution >= 4 is 5.82 Å². The smallest absolute Gasteiger partial charge is 0.245 e. The van der Waals surface area contributed by atoms with Crippen molar-refractivity contribution in [3.8, 4) is 0 Å². The van der Waals surface area contributed by atoms with Gasteiger partial charge in [0.25, 0.3) is 0 Å². The first-order valence-corrected chi connectivity index (χ1v) is 4.29. The van der Waals surface area contributed by atoms with E-state index in [1.165, 1.54) is 0 Å². The van der Waals surface area contributed by atoms with Crippen LogP contribution in [0.5, 0.6) is 0 Å². The lowest BCUT2D eigenvalue weighted by Crippen LogP contribution is -2.00. The third-order valence-corrected chi connectivity index (χ3v) is 1.66. The molecule has 0 saturated carbocycles. The lowest BCUT2D eigenvalue weighted by atomic mass is 10.4. The van der Waals surface area contributed by atoms with Gasteiger partial charge in [0.1, 0.15) is 5.82 Å². The van der Waals surface area contributed by atoms with Gasteiger partial charge in [-0.05, 0) is 19.1 Å². The molecule has 2 aromatic heterocycles. The summed E-state index contributed by atoms with van der Waals surface area (Å²) in [4.78, 5) is 8.16. The average Bonchev–Trinajstić information content (AvgIpc) is 2.63. The number of rotatable bonds is 3. The van der Waals surface area contributed by atoms with Gasteiger partial charge in [-0.25, -0.2) is 4.98 Å². The third-order valence-electron chi connectivity index (χ3n) is 1.66. The lowest BCUT2D eigenvalue weighted by molar-refractivity contribution is 0.379. The van der Waals surface area contributed by atoms with Crippen molar-refractivity contribution in [2.75, 3.05) is 5.32 Å². The van der Waals surface area contributed by atoms with E-state index in [2.05, 4.69) is 20.4 Å². The van der Waals surface area contributed by atoms with Crippen LogP contribution in [-0.4, -0.2) is 15.1 Å². The number of aryl methyl sites for hydroxylation is 1. The molecule has 0 unspecified atom stereocenters. The van der Waals surface area contributed by atoms with Crippen LogP contribution in [0.4, 0.5) is 5.82 Å². The maximum atomic E-state index is 4.93. The molecule has 72 valence electrons. The summed E-state index contributed by atoms with van der Waals surface area (Å²) in [6.07, 6.45) is 1.72. The molecule has 0 atom stereocenters. The number of anilines is 1. The van der Waals surface area contributed by atoms with Crippen molar-refractivity contribution in [3.63, 3.8) is 0 Å². The van der Waals surface area contributed by atoms with Crippen LogP contribution in [-0.2, 0) is 6.54 Å². The Morgan fingerprint density at radius 3 is 3.00 bits per heavy atom. The van der Waals surface area contributed by atoms with Crippen molar-refractivity contribution in [3.05, 3.63) is 36.1 Å². The number of hydrogen-bond donors (Lipinski definition) is 1. The van der Waals surface area contributed by atoms with Crippen molar-refractivity contribution in [2.45, 2.75) is 13.5 Å². The Kier molecular flexibility index (Phi) is 2.40. The minimum absolute atomic E-state index is 0.498. The van der Waals surface area contributed by atoms with E-state index in [4.69, 9.17) is 4.52 Å². The van der Waals surface area contributed by atoms with Crippen LogP contribution >= 0.6 is 0 Å². The van der Waals surface area contributed by atoms with Crippen molar-refractivity contribution in [1.82, 2.24) is 15.1 Å². The Balaban J connectivity index is 1.95. The average molecular weight is 190 g/mol. The van der Waals surface area contributed by atoms with Crippen LogP contribution in [0, 0.1) is 6.92 Å². The van der Waals surface area contributed by atoms with Gasteiger partial charge in [-0.2, -0.15) is 4.98 Å². The van der Waals surface area contributed by atoms with Crippen molar-refractivity contribution < 1.29 is 4.52 Å². The fourth-order valence-corrected chi connectivity index (χ4v) is 1.05. The normalized spacial score (nSPS) is 10.1. The summed E-state index contributed by atoms with van der Waals surface area (Å²) in [5.74, 6) is 2.00. The molecule has 5 nitrogen and oxygen atoms in total. The van der Waals surface area contributed by atoms with Gasteiger partial charge in [-0.3, -0.25) is 0 Å². The van der Waals surface area contributed by atoms with E-state index in [0.717, 1.165) is 5.82 Å². The molecule has 0 radical (unpaired) electrons. The molecule has 0 amide bonds. The highest BCUT2D eigenvalue weighted by atomic mass is 16.5. The highest BCUT2D eigenvalue weighted by Crippen LogP contribution is 2.03. The summed E-state index contributed by atoms with van der Waals surface area (Å²) in [5, 5.41) is 6.75. The second-order valence-corrected chi connectivity index (χ2v) is 2.80. The van der Waals surface area contributed by atoms with Crippen LogP contribution in [0.15, 0.2) is 28.9 Å². The van der Waals surface area contributed by atoms with E-state index in [0.29, 0.717) is 18.3 Å². The maximum Gasteiger partial charge on any atom is 0.245 e. The van der Waals surface area contributed by atoms with E-state index in [9.17, 15) is 0 Å². The number of pyridine rings is 1. The molecule has 2 heterocycles. The summed E-state index contributed by atoms with van der Waals surface area (Å²) in [5.41, 5.74) is 0. The molecule has 0 aliphatic carbocycles. The lowest BCUT2D eigenvalue weighted by Gasteiger charge is -1.99. The Morgan fingerprint density at radius 2 is 2.36 bits per heavy atom. The molecule has 0 aliphatic rings. The van der Waals surface area contributed by atoms with Crippen LogP contribution in [0.25, 0.3) is 0 Å². The molecule has 0 aromatic carbocycles. The predicted octanol–water partition coefficient (Wildman–Crippen LogP) is 1.39. The summed E-state index contributed by atoms with van der Waals surface area (Å²) in [6.45, 7) is 2.28. The van der Waals surface area contributed by atoms with Gasteiger partial charge in [-0.15, -0.1) is 0 Å². The number of nitrogens with zero attached hydrogens (tertiary/aromatic N) is 3. The van der Waals surface area contributed by atoms with Gasteiger partial charge in [0.15, 0.2) is 5.82 Å². The molecule has 14 heavy (non-hydrogen) atoms. The second kappa shape index (κ2) is 3.87. The quantitative estimate of drug-likeness (QED) is 0.792. The van der Waals surface area contributed by atoms with Gasteiger partial charge in [-0.1, -0.05) is 11.2 Å². The molecule has 0 bridgehead atoms. The van der Waals surface area contributed by atoms with E-state index >= 15 is 0 Å². The zero-order valence-electron chi connectivity index (χ0n) is 7.77. The fraction of sp³-hybridized carbons (Fsp3) is 0.222. The Bertz CT molecular complexity index is 398. The molecule has 0 fully saturated rings. The van der Waals surface area contributed by atoms with E-state index in [1.54, 1.807) is 13.1 Å². The highest BCUT2D eigenvalue weighted by Gasteiger charge is 2.01. The molecular weight excluding hydrogens is 180 g/mol. The SMILES string of the molecule is Cc1noc(CNc2ccccn2)n1. The summed E-state index contributed by atoms with van der Waals surface area (Å²) in [6, 6.07) is 5.65. The van der Waals surface area contributed by atoms with E-state index in [1.807, 2.05) is 18.2 Å². The van der Waals surface area contributed by atoms with Gasteiger partial charge < -0.3 is 9.84 Å². The highest BCUT2D eigenvalue weighted by molar-refractivity contribution is 5.32. The number of nitrogens with one attached hydrogen (secondary N) is 1. The molecule has 0 aliphatic heterocycles. The predicted molar refractivity (Wildman–Crippen MR) is 50.6 cm³/mol. The zero-order valence-corrected chi connectivity index (χ0v) is 7.77. The molecule has 2 aromatic rings. The number of hydrogen-bond acceptors (Lipinski definition) is 5. The standard InChI is InChI=1S/C9H10N4O/c1-7-12-9(14-13-7)6-11-8-4-2-3-5-10-8/h2-5H,6H2,1H3,(H,10,11). The zero-order chi connectivity index (χ0) is 9.80. The monoisotopic (exact) mass is 190 g/mol. The second-order valence-electron chi connectivity index (χ2n) is 2.80. The first-order chi connectivity index (χ1) is 6.84. The largest absolute Gasteiger partial charge is 0.361 e. The topological polar surface area (TPSA) is 63.8 Å². The van der Waals surface area contributed by atoms with Crippen LogP contribution in [0.3, 0.4) is 0 Å². The van der Waals surface area contributed by atoms with Gasteiger partial charge in [0.05, 0.1) is 6.54 Å². The Labute approximate surface area is 81.2 Å². The molecule has 2 rings (SSSR count). The minimum Gasteiger partial charge on any atom is -0.361 e. The van der Waals surface area contributed by atoms with Gasteiger partial charge in [0.2, 0.25) is 5.89 Å².